The van der Waals surface area contributed by atoms with E-state index in [4.69, 9.17) is 5.73 Å². The monoisotopic (exact) mass is 230 g/mol. The zero-order valence-corrected chi connectivity index (χ0v) is 9.92. The standard InChI is InChI=1S/C14H15FN2/c1-9-4-3-5-13(10(9)2)17-14-8-11(15)6-7-12(14)16/h3-8,17H,16H2,1-2H3. The summed E-state index contributed by atoms with van der Waals surface area (Å²) in [6, 6.07) is 10.3. The highest BCUT2D eigenvalue weighted by molar-refractivity contribution is 5.74. The quantitative estimate of drug-likeness (QED) is 0.771. The average molecular weight is 230 g/mol. The van der Waals surface area contributed by atoms with Crippen molar-refractivity contribution in [2.24, 2.45) is 0 Å². The minimum atomic E-state index is -0.299. The van der Waals surface area contributed by atoms with Gasteiger partial charge in [0, 0.05) is 5.69 Å². The Labute approximate surface area is 100 Å². The summed E-state index contributed by atoms with van der Waals surface area (Å²) in [6.07, 6.45) is 0. The molecular weight excluding hydrogens is 215 g/mol. The Morgan fingerprint density at radius 1 is 1.06 bits per heavy atom. The molecule has 2 nitrogen and oxygen atoms in total. The first-order valence-corrected chi connectivity index (χ1v) is 5.46. The van der Waals surface area contributed by atoms with Gasteiger partial charge in [-0.05, 0) is 49.2 Å². The van der Waals surface area contributed by atoms with Gasteiger partial charge in [0.2, 0.25) is 0 Å². The van der Waals surface area contributed by atoms with Gasteiger partial charge >= 0.3 is 0 Å². The highest BCUT2D eigenvalue weighted by Gasteiger charge is 2.04. The van der Waals surface area contributed by atoms with Crippen LogP contribution in [0, 0.1) is 19.7 Å². The van der Waals surface area contributed by atoms with E-state index in [1.165, 1.54) is 17.7 Å². The maximum Gasteiger partial charge on any atom is 0.125 e. The number of nitrogens with one attached hydrogen (secondary N) is 1. The zero-order valence-electron chi connectivity index (χ0n) is 9.92. The molecule has 0 saturated heterocycles. The van der Waals surface area contributed by atoms with E-state index in [0.29, 0.717) is 11.4 Å². The van der Waals surface area contributed by atoms with E-state index in [2.05, 4.69) is 5.32 Å². The Balaban J connectivity index is 2.38. The second-order valence-corrected chi connectivity index (χ2v) is 4.10. The molecule has 0 unspecified atom stereocenters. The summed E-state index contributed by atoms with van der Waals surface area (Å²) in [6.45, 7) is 4.06. The Hall–Kier alpha value is -2.03. The molecule has 88 valence electrons. The molecule has 0 fully saturated rings. The van der Waals surface area contributed by atoms with E-state index in [9.17, 15) is 4.39 Å². The molecule has 2 rings (SSSR count). The molecule has 2 aromatic carbocycles. The summed E-state index contributed by atoms with van der Waals surface area (Å²) < 4.78 is 13.1. The fourth-order valence-electron chi connectivity index (χ4n) is 1.67. The lowest BCUT2D eigenvalue weighted by atomic mass is 10.1. The molecule has 0 aliphatic heterocycles. The molecule has 0 radical (unpaired) electrons. The summed E-state index contributed by atoms with van der Waals surface area (Å²) in [4.78, 5) is 0. The second kappa shape index (κ2) is 4.45. The van der Waals surface area contributed by atoms with Crippen LogP contribution in [0.25, 0.3) is 0 Å². The molecule has 0 aliphatic rings. The van der Waals surface area contributed by atoms with Crippen molar-refractivity contribution in [1.82, 2.24) is 0 Å². The van der Waals surface area contributed by atoms with E-state index in [1.807, 2.05) is 32.0 Å². The first kappa shape index (κ1) is 11.5. The zero-order chi connectivity index (χ0) is 12.4. The summed E-state index contributed by atoms with van der Waals surface area (Å²) in [5, 5.41) is 3.16. The third-order valence-electron chi connectivity index (χ3n) is 2.89. The van der Waals surface area contributed by atoms with Gasteiger partial charge in [0.1, 0.15) is 5.82 Å². The summed E-state index contributed by atoms with van der Waals surface area (Å²) in [7, 11) is 0. The topological polar surface area (TPSA) is 38.0 Å². The SMILES string of the molecule is Cc1cccc(Nc2cc(F)ccc2N)c1C. The van der Waals surface area contributed by atoms with Crippen LogP contribution in [0.4, 0.5) is 21.5 Å². The molecule has 0 aromatic heterocycles. The molecule has 3 N–H and O–H groups in total. The highest BCUT2D eigenvalue weighted by atomic mass is 19.1. The van der Waals surface area contributed by atoms with Gasteiger partial charge in [-0.3, -0.25) is 0 Å². The molecule has 0 amide bonds. The lowest BCUT2D eigenvalue weighted by Crippen LogP contribution is -1.99. The lowest BCUT2D eigenvalue weighted by Gasteiger charge is -2.13. The minimum Gasteiger partial charge on any atom is -0.397 e. The van der Waals surface area contributed by atoms with Gasteiger partial charge < -0.3 is 11.1 Å². The van der Waals surface area contributed by atoms with Crippen LogP contribution in [0.2, 0.25) is 0 Å². The number of halogens is 1. The van der Waals surface area contributed by atoms with Gasteiger partial charge in [0.15, 0.2) is 0 Å². The number of anilines is 3. The normalized spacial score (nSPS) is 10.3. The highest BCUT2D eigenvalue weighted by Crippen LogP contribution is 2.27. The summed E-state index contributed by atoms with van der Waals surface area (Å²) in [5.41, 5.74) is 10.2. The number of benzene rings is 2. The van der Waals surface area contributed by atoms with Crippen molar-refractivity contribution in [1.29, 1.82) is 0 Å². The molecule has 0 heterocycles. The molecule has 0 saturated carbocycles. The van der Waals surface area contributed by atoms with E-state index in [-0.39, 0.29) is 5.82 Å². The molecule has 2 aromatic rings. The third kappa shape index (κ3) is 2.38. The molecule has 0 atom stereocenters. The smallest absolute Gasteiger partial charge is 0.125 e. The molecule has 0 spiro atoms. The predicted molar refractivity (Wildman–Crippen MR) is 70.0 cm³/mol. The molecule has 3 heteroatoms. The summed E-state index contributed by atoms with van der Waals surface area (Å²) >= 11 is 0. The van der Waals surface area contributed by atoms with E-state index in [1.54, 1.807) is 6.07 Å². The van der Waals surface area contributed by atoms with Crippen molar-refractivity contribution in [3.8, 4) is 0 Å². The van der Waals surface area contributed by atoms with Gasteiger partial charge in [-0.15, -0.1) is 0 Å². The van der Waals surface area contributed by atoms with Crippen LogP contribution in [0.1, 0.15) is 11.1 Å². The van der Waals surface area contributed by atoms with Crippen LogP contribution < -0.4 is 11.1 Å². The van der Waals surface area contributed by atoms with Gasteiger partial charge in [0.25, 0.3) is 0 Å². The third-order valence-corrected chi connectivity index (χ3v) is 2.89. The number of aryl methyl sites for hydroxylation is 1. The van der Waals surface area contributed by atoms with Crippen LogP contribution in [0.5, 0.6) is 0 Å². The first-order valence-electron chi connectivity index (χ1n) is 5.46. The number of nitrogen functional groups attached to an aromatic ring is 1. The first-order chi connectivity index (χ1) is 8.08. The average Bonchev–Trinajstić information content (AvgIpc) is 2.30. The van der Waals surface area contributed by atoms with Crippen LogP contribution in [-0.2, 0) is 0 Å². The van der Waals surface area contributed by atoms with E-state index in [0.717, 1.165) is 11.3 Å². The van der Waals surface area contributed by atoms with Crippen molar-refractivity contribution >= 4 is 17.1 Å². The number of nitrogens with two attached hydrogens (primary N) is 1. The molecule has 0 aliphatic carbocycles. The fourth-order valence-corrected chi connectivity index (χ4v) is 1.67. The van der Waals surface area contributed by atoms with Gasteiger partial charge in [0.05, 0.1) is 11.4 Å². The Kier molecular flexibility index (Phi) is 3.00. The lowest BCUT2D eigenvalue weighted by molar-refractivity contribution is 0.628. The van der Waals surface area contributed by atoms with E-state index < -0.39 is 0 Å². The maximum atomic E-state index is 13.1. The van der Waals surface area contributed by atoms with Gasteiger partial charge in [-0.1, -0.05) is 12.1 Å². The fraction of sp³-hybridized carbons (Fsp3) is 0.143. The summed E-state index contributed by atoms with van der Waals surface area (Å²) in [5.74, 6) is -0.299. The Morgan fingerprint density at radius 2 is 1.82 bits per heavy atom. The van der Waals surface area contributed by atoms with Crippen LogP contribution in [0.15, 0.2) is 36.4 Å². The largest absolute Gasteiger partial charge is 0.397 e. The maximum absolute atomic E-state index is 13.1. The molecule has 17 heavy (non-hydrogen) atoms. The van der Waals surface area contributed by atoms with Crippen LogP contribution in [-0.4, -0.2) is 0 Å². The van der Waals surface area contributed by atoms with Crippen molar-refractivity contribution in [3.63, 3.8) is 0 Å². The molecular formula is C14H15FN2. The Morgan fingerprint density at radius 3 is 2.59 bits per heavy atom. The van der Waals surface area contributed by atoms with Gasteiger partial charge in [-0.25, -0.2) is 4.39 Å². The van der Waals surface area contributed by atoms with Crippen molar-refractivity contribution < 1.29 is 4.39 Å². The van der Waals surface area contributed by atoms with Crippen molar-refractivity contribution in [2.75, 3.05) is 11.1 Å². The number of hydrogen-bond donors (Lipinski definition) is 2. The number of hydrogen-bond acceptors (Lipinski definition) is 2. The van der Waals surface area contributed by atoms with Crippen LogP contribution >= 0.6 is 0 Å². The van der Waals surface area contributed by atoms with Crippen molar-refractivity contribution in [3.05, 3.63) is 53.3 Å². The predicted octanol–water partition coefficient (Wildman–Crippen LogP) is 3.77. The Bertz CT molecular complexity index is 550. The second-order valence-electron chi connectivity index (χ2n) is 4.10. The number of rotatable bonds is 2. The van der Waals surface area contributed by atoms with Crippen molar-refractivity contribution in [2.45, 2.75) is 13.8 Å². The van der Waals surface area contributed by atoms with Crippen LogP contribution in [0.3, 0.4) is 0 Å². The minimum absolute atomic E-state index is 0.299. The van der Waals surface area contributed by atoms with Gasteiger partial charge in [-0.2, -0.15) is 0 Å². The molecule has 0 bridgehead atoms. The van der Waals surface area contributed by atoms with E-state index >= 15 is 0 Å².